The van der Waals surface area contributed by atoms with E-state index in [0.29, 0.717) is 71.6 Å². The molecule has 4 heterocycles. The number of nitrogens with zero attached hydrogens (tertiary/aromatic N) is 6. The number of carbonyl (C=O) groups is 2. The first-order valence-electron chi connectivity index (χ1n) is 21.6. The number of carbonyl (C=O) groups excluding carboxylic acids is 2. The maximum absolute atomic E-state index is 12.8. The average Bonchev–Trinajstić information content (AvgIpc) is 4.19. The van der Waals surface area contributed by atoms with Gasteiger partial charge in [-0.25, -0.2) is 19.0 Å². The number of aryl methyl sites for hydroxylation is 2. The van der Waals surface area contributed by atoms with E-state index >= 15 is 0 Å². The van der Waals surface area contributed by atoms with Gasteiger partial charge in [0.25, 0.3) is 11.8 Å². The molecule has 2 aliphatic rings. The summed E-state index contributed by atoms with van der Waals surface area (Å²) in [6.45, 7) is 2.80. The summed E-state index contributed by atoms with van der Waals surface area (Å²) < 4.78 is 79.5. The number of halogens is 8. The fraction of sp³-hybridized carbons (Fsp3) is 0.319. The number of anilines is 2. The fourth-order valence-corrected chi connectivity index (χ4v) is 8.03. The predicted molar refractivity (Wildman–Crippen MR) is 250 cm³/mol. The Bertz CT molecular complexity index is 3020. The number of rotatable bonds is 14. The van der Waals surface area contributed by atoms with Gasteiger partial charge in [0.1, 0.15) is 4.60 Å². The van der Waals surface area contributed by atoms with Gasteiger partial charge in [0.15, 0.2) is 11.3 Å². The summed E-state index contributed by atoms with van der Waals surface area (Å²) in [5.41, 5.74) is 8.69. The summed E-state index contributed by atoms with van der Waals surface area (Å²) in [5, 5.41) is 31.0. The first-order valence-corrected chi connectivity index (χ1v) is 22.8. The summed E-state index contributed by atoms with van der Waals surface area (Å²) in [6.07, 6.45) is -3.29. The van der Waals surface area contributed by atoms with Crippen LogP contribution in [0.5, 0.6) is 0 Å². The first kappa shape index (κ1) is 48.2. The van der Waals surface area contributed by atoms with Crippen molar-refractivity contribution in [3.8, 4) is 33.8 Å². The molecule has 21 heteroatoms. The number of nitrogens with one attached hydrogen (secondary N) is 4. The van der Waals surface area contributed by atoms with Gasteiger partial charge in [0, 0.05) is 58.0 Å². The molecule has 7 aromatic rings. The van der Waals surface area contributed by atoms with E-state index in [-0.39, 0.29) is 43.6 Å². The minimum Gasteiger partial charge on any atom is -0.392 e. The van der Waals surface area contributed by atoms with Crippen molar-refractivity contribution in [3.05, 3.63) is 117 Å². The van der Waals surface area contributed by atoms with E-state index in [1.165, 1.54) is 0 Å². The second-order valence-electron chi connectivity index (χ2n) is 16.7. The molecule has 0 aliphatic heterocycles. The number of imidazole rings is 2. The molecule has 4 aromatic heterocycles. The third-order valence-electron chi connectivity index (χ3n) is 11.2. The highest BCUT2D eigenvalue weighted by atomic mass is 79.9. The number of aliphatic hydroxyl groups excluding tert-OH is 1. The smallest absolute Gasteiger partial charge is 0.390 e. The Hall–Kier alpha value is -6.25. The molecule has 68 heavy (non-hydrogen) atoms. The van der Waals surface area contributed by atoms with Crippen LogP contribution < -0.4 is 21.3 Å². The number of hydrogen-bond donors (Lipinski definition) is 5. The summed E-state index contributed by atoms with van der Waals surface area (Å²) in [5.74, 6) is -0.206. The quantitative estimate of drug-likeness (QED) is 0.0668. The van der Waals surface area contributed by atoms with Crippen LogP contribution in [0.15, 0.2) is 83.7 Å². The number of hydrogen-bond acceptors (Lipinski definition) is 9. The third-order valence-corrected chi connectivity index (χ3v) is 11.8. The van der Waals surface area contributed by atoms with Crippen LogP contribution >= 0.6 is 27.5 Å². The van der Waals surface area contributed by atoms with E-state index in [4.69, 9.17) is 16.7 Å². The van der Waals surface area contributed by atoms with Gasteiger partial charge in [0.2, 0.25) is 0 Å². The van der Waals surface area contributed by atoms with Gasteiger partial charge in [-0.3, -0.25) is 9.59 Å². The zero-order chi connectivity index (χ0) is 48.5. The molecule has 0 radical (unpaired) electrons. The maximum Gasteiger partial charge on any atom is 0.390 e. The lowest BCUT2D eigenvalue weighted by Crippen LogP contribution is -2.26. The molecule has 5 N–H and O–H groups in total. The van der Waals surface area contributed by atoms with Crippen molar-refractivity contribution >= 4 is 62.0 Å². The number of aliphatic hydroxyl groups is 1. The molecule has 2 saturated carbocycles. The van der Waals surface area contributed by atoms with Gasteiger partial charge < -0.3 is 26.4 Å². The Morgan fingerprint density at radius 3 is 1.65 bits per heavy atom. The zero-order valence-corrected chi connectivity index (χ0v) is 38.8. The van der Waals surface area contributed by atoms with Crippen LogP contribution in [0.25, 0.3) is 45.1 Å². The first-order chi connectivity index (χ1) is 32.3. The summed E-state index contributed by atoms with van der Waals surface area (Å²) in [6, 6.07) is 19.6. The van der Waals surface area contributed by atoms with Crippen molar-refractivity contribution in [1.82, 2.24) is 39.8 Å². The van der Waals surface area contributed by atoms with Gasteiger partial charge in [-0.05, 0) is 121 Å². The van der Waals surface area contributed by atoms with Crippen molar-refractivity contribution in [2.45, 2.75) is 83.4 Å². The summed E-state index contributed by atoms with van der Waals surface area (Å²) in [7, 11) is 0. The molecule has 9 rings (SSSR count). The largest absolute Gasteiger partial charge is 0.392 e. The average molecular weight is 1030 g/mol. The molecule has 0 spiro atoms. The predicted octanol–water partition coefficient (Wildman–Crippen LogP) is 10.5. The Kier molecular flexibility index (Phi) is 14.0. The molecule has 0 unspecified atom stereocenters. The van der Waals surface area contributed by atoms with E-state index in [1.807, 2.05) is 32.0 Å². The number of amides is 2. The number of aromatic nitrogens is 6. The minimum atomic E-state index is -4.31. The molecule has 0 bridgehead atoms. The molecular formula is C47H44BrClF6N10O3. The Morgan fingerprint density at radius 1 is 0.706 bits per heavy atom. The van der Waals surface area contributed by atoms with Gasteiger partial charge >= 0.3 is 12.4 Å². The lowest BCUT2D eigenvalue weighted by atomic mass is 10.0. The van der Waals surface area contributed by atoms with E-state index in [9.17, 15) is 41.0 Å². The maximum atomic E-state index is 12.8. The third kappa shape index (κ3) is 11.7. The van der Waals surface area contributed by atoms with Crippen molar-refractivity contribution in [2.75, 3.05) is 23.7 Å². The van der Waals surface area contributed by atoms with Crippen LogP contribution in [-0.4, -0.2) is 83.6 Å². The van der Waals surface area contributed by atoms with Crippen LogP contribution in [0.3, 0.4) is 0 Å². The monoisotopic (exact) mass is 1020 g/mol. The van der Waals surface area contributed by atoms with E-state index in [1.54, 1.807) is 70.0 Å². The van der Waals surface area contributed by atoms with Crippen LogP contribution in [0.4, 0.5) is 37.7 Å². The van der Waals surface area contributed by atoms with E-state index in [2.05, 4.69) is 52.3 Å². The Balaban J connectivity index is 0.000000189. The van der Waals surface area contributed by atoms with Gasteiger partial charge in [0.05, 0.1) is 60.3 Å². The van der Waals surface area contributed by atoms with Crippen molar-refractivity contribution < 1.29 is 41.0 Å². The van der Waals surface area contributed by atoms with E-state index in [0.717, 1.165) is 47.9 Å². The molecule has 13 nitrogen and oxygen atoms in total. The lowest BCUT2D eigenvalue weighted by Gasteiger charge is -2.14. The van der Waals surface area contributed by atoms with Gasteiger partial charge in [-0.1, -0.05) is 29.8 Å². The highest BCUT2D eigenvalue weighted by molar-refractivity contribution is 9.10. The topological polar surface area (TPSA) is 163 Å². The highest BCUT2D eigenvalue weighted by Gasteiger charge is 2.29. The van der Waals surface area contributed by atoms with Gasteiger partial charge in [-0.15, -0.1) is 0 Å². The molecule has 0 atom stereocenters. The SMILES string of the molecule is Cc1cc(-c2cnc3c(NCCC(F)(F)F)cc(-c4ccc(Cl)cc4CO)nn23)ccc1C(=O)NC1CC1.Cc1cc(-c2cnc3c(NCCC(F)(F)F)cc(Br)nn23)ccc1C(=O)NC1CC1. The van der Waals surface area contributed by atoms with E-state index < -0.39 is 25.2 Å². The Morgan fingerprint density at radius 2 is 1.19 bits per heavy atom. The van der Waals surface area contributed by atoms with Crippen molar-refractivity contribution in [1.29, 1.82) is 0 Å². The second kappa shape index (κ2) is 19.8. The standard InChI is InChI=1S/C27H25ClF3N5O2.C20H19BrF3N5O/c1-15-10-16(2-6-20(15)26(38)34-19-4-5-19)24-13-33-25-23(32-9-8-27(29,30)31)12-22(35-36(24)25)21-7-3-18(28)11-17(21)14-37;1-11-8-12(2-5-14(11)19(30)27-13-3-4-13)16-10-26-18-15(9-17(21)28-29(16)18)25-7-6-20(22,23)24/h2-3,6-7,10-13,19,32,37H,4-5,8-9,14H2,1H3,(H,34,38);2,5,8-10,13,25H,3-4,6-7H2,1H3,(H,27,30). The normalized spacial score (nSPS) is 13.9. The van der Waals surface area contributed by atoms with Gasteiger partial charge in [-0.2, -0.15) is 36.5 Å². The van der Waals surface area contributed by atoms with Crippen LogP contribution in [0.1, 0.15) is 75.9 Å². The number of fused-ring (bicyclic) bond motifs is 2. The highest BCUT2D eigenvalue weighted by Crippen LogP contribution is 2.33. The fourth-order valence-electron chi connectivity index (χ4n) is 7.45. The molecule has 0 saturated heterocycles. The van der Waals surface area contributed by atoms with Crippen molar-refractivity contribution in [2.24, 2.45) is 0 Å². The molecule has 3 aromatic carbocycles. The molecule has 2 aliphatic carbocycles. The lowest BCUT2D eigenvalue weighted by molar-refractivity contribution is -0.132. The van der Waals surface area contributed by atoms with Crippen LogP contribution in [0.2, 0.25) is 5.02 Å². The second-order valence-corrected chi connectivity index (χ2v) is 17.9. The molecule has 356 valence electrons. The number of alkyl halides is 6. The van der Waals surface area contributed by atoms with Crippen molar-refractivity contribution in [3.63, 3.8) is 0 Å². The molecule has 2 amide bonds. The molecule has 2 fully saturated rings. The van der Waals surface area contributed by atoms with Crippen LogP contribution in [0, 0.1) is 13.8 Å². The van der Waals surface area contributed by atoms with Crippen LogP contribution in [-0.2, 0) is 6.61 Å². The summed E-state index contributed by atoms with van der Waals surface area (Å²) >= 11 is 9.40. The Labute approximate surface area is 398 Å². The molecular weight excluding hydrogens is 982 g/mol. The summed E-state index contributed by atoms with van der Waals surface area (Å²) in [4.78, 5) is 33.7. The zero-order valence-electron chi connectivity index (χ0n) is 36.5. The minimum absolute atomic E-state index is 0.0864. The number of benzene rings is 3.